The molecule has 0 spiro atoms. The highest BCUT2D eigenvalue weighted by atomic mass is 16.6. The number of carbonyl (C=O) groups excluding carboxylic acids is 2. The number of hydrogen-bond acceptors (Lipinski definition) is 6. The molecule has 0 bridgehead atoms. The Hall–Kier alpha value is -3.42. The van der Waals surface area contributed by atoms with Crippen molar-refractivity contribution in [2.45, 2.75) is 25.9 Å². The third-order valence-corrected chi connectivity index (χ3v) is 4.79. The Labute approximate surface area is 168 Å². The molecule has 29 heavy (non-hydrogen) atoms. The average molecular weight is 398 g/mol. The van der Waals surface area contributed by atoms with E-state index in [1.54, 1.807) is 24.3 Å². The number of methoxy groups -OCH3 is 1. The van der Waals surface area contributed by atoms with E-state index >= 15 is 0 Å². The molecule has 8 nitrogen and oxygen atoms in total. The molecule has 0 unspecified atom stereocenters. The molecular formula is C21H22N2O6. The maximum Gasteiger partial charge on any atom is 0.338 e. The first-order valence-electron chi connectivity index (χ1n) is 9.37. The van der Waals surface area contributed by atoms with Gasteiger partial charge in [-0.1, -0.05) is 12.1 Å². The number of esters is 1. The molecule has 1 aliphatic rings. The number of ether oxygens (including phenoxy) is 2. The number of nitro groups is 1. The first-order chi connectivity index (χ1) is 14.0. The fraction of sp³-hybridized carbons (Fsp3) is 0.333. The van der Waals surface area contributed by atoms with E-state index < -0.39 is 10.9 Å². The summed E-state index contributed by atoms with van der Waals surface area (Å²) in [6.07, 6.45) is 3.17. The minimum atomic E-state index is -0.663. The molecule has 0 saturated carbocycles. The molecule has 1 aliphatic heterocycles. The van der Waals surface area contributed by atoms with Gasteiger partial charge < -0.3 is 14.4 Å². The van der Waals surface area contributed by atoms with Gasteiger partial charge in [-0.2, -0.15) is 0 Å². The molecule has 0 atom stereocenters. The number of benzene rings is 2. The van der Waals surface area contributed by atoms with Crippen molar-refractivity contribution in [3.63, 3.8) is 0 Å². The highest BCUT2D eigenvalue weighted by Crippen LogP contribution is 2.29. The normalized spacial score (nSPS) is 13.6. The first-order valence-corrected chi connectivity index (χ1v) is 9.37. The van der Waals surface area contributed by atoms with Crippen LogP contribution in [0.1, 0.15) is 45.5 Å². The Morgan fingerprint density at radius 3 is 2.52 bits per heavy atom. The van der Waals surface area contributed by atoms with Gasteiger partial charge in [0.05, 0.1) is 17.6 Å². The van der Waals surface area contributed by atoms with Gasteiger partial charge >= 0.3 is 11.7 Å². The Kier molecular flexibility index (Phi) is 6.43. The van der Waals surface area contributed by atoms with E-state index in [9.17, 15) is 19.7 Å². The zero-order valence-electron chi connectivity index (χ0n) is 16.1. The summed E-state index contributed by atoms with van der Waals surface area (Å²) in [5.74, 6) is -0.640. The molecular weight excluding hydrogens is 376 g/mol. The van der Waals surface area contributed by atoms with E-state index in [1.165, 1.54) is 19.2 Å². The first kappa shape index (κ1) is 20.3. The summed E-state index contributed by atoms with van der Waals surface area (Å²) >= 11 is 0. The molecule has 2 aromatic rings. The Bertz CT molecular complexity index is 921. The number of piperidine rings is 1. The third-order valence-electron chi connectivity index (χ3n) is 4.79. The molecule has 2 aromatic carbocycles. The van der Waals surface area contributed by atoms with Crippen LogP contribution in [0.25, 0.3) is 0 Å². The van der Waals surface area contributed by atoms with Crippen molar-refractivity contribution in [2.24, 2.45) is 0 Å². The van der Waals surface area contributed by atoms with Crippen LogP contribution in [0.2, 0.25) is 0 Å². The summed E-state index contributed by atoms with van der Waals surface area (Å²) in [6, 6.07) is 11.0. The van der Waals surface area contributed by atoms with Crippen LogP contribution in [-0.4, -0.2) is 41.9 Å². The SMILES string of the molecule is COC(=O)c1ccc(OCc2cccc(C(=O)N3CCCCC3)c2)c([N+](=O)[O-])c1. The van der Waals surface area contributed by atoms with Crippen LogP contribution in [-0.2, 0) is 11.3 Å². The average Bonchev–Trinajstić information content (AvgIpc) is 2.77. The van der Waals surface area contributed by atoms with Gasteiger partial charge in [-0.25, -0.2) is 4.79 Å². The summed E-state index contributed by atoms with van der Waals surface area (Å²) in [6.45, 7) is 1.58. The number of hydrogen-bond donors (Lipinski definition) is 0. The molecule has 152 valence electrons. The second kappa shape index (κ2) is 9.18. The minimum absolute atomic E-state index is 0.0139. The topological polar surface area (TPSA) is 99.0 Å². The van der Waals surface area contributed by atoms with E-state index in [0.29, 0.717) is 5.56 Å². The lowest BCUT2D eigenvalue weighted by molar-refractivity contribution is -0.386. The fourth-order valence-corrected chi connectivity index (χ4v) is 3.26. The maximum atomic E-state index is 12.7. The summed E-state index contributed by atoms with van der Waals surface area (Å²) in [5, 5.41) is 11.3. The van der Waals surface area contributed by atoms with Gasteiger partial charge in [0.15, 0.2) is 5.75 Å². The zero-order chi connectivity index (χ0) is 20.8. The lowest BCUT2D eigenvalue weighted by Gasteiger charge is -2.26. The predicted molar refractivity (Wildman–Crippen MR) is 105 cm³/mol. The number of rotatable bonds is 6. The number of nitro benzene ring substituents is 1. The van der Waals surface area contributed by atoms with E-state index in [2.05, 4.69) is 4.74 Å². The predicted octanol–water partition coefficient (Wildman–Crippen LogP) is 3.59. The molecule has 1 heterocycles. The van der Waals surface area contributed by atoms with Crippen LogP contribution < -0.4 is 4.74 Å². The van der Waals surface area contributed by atoms with Crippen molar-refractivity contribution in [3.8, 4) is 5.75 Å². The van der Waals surface area contributed by atoms with Crippen molar-refractivity contribution in [1.29, 1.82) is 0 Å². The lowest BCUT2D eigenvalue weighted by atomic mass is 10.1. The Morgan fingerprint density at radius 1 is 1.07 bits per heavy atom. The van der Waals surface area contributed by atoms with Gasteiger partial charge in [0.1, 0.15) is 6.61 Å². The van der Waals surface area contributed by atoms with Crippen LogP contribution in [0, 0.1) is 10.1 Å². The van der Waals surface area contributed by atoms with Crippen LogP contribution in [0.5, 0.6) is 5.75 Å². The number of amides is 1. The highest BCUT2D eigenvalue weighted by molar-refractivity contribution is 5.94. The van der Waals surface area contributed by atoms with Crippen molar-refractivity contribution >= 4 is 17.6 Å². The largest absolute Gasteiger partial charge is 0.482 e. The summed E-state index contributed by atoms with van der Waals surface area (Å²) in [7, 11) is 1.21. The molecule has 0 aliphatic carbocycles. The molecule has 0 radical (unpaired) electrons. The fourth-order valence-electron chi connectivity index (χ4n) is 3.26. The van der Waals surface area contributed by atoms with Gasteiger partial charge in [0.2, 0.25) is 0 Å². The number of carbonyl (C=O) groups is 2. The number of nitrogens with zero attached hydrogens (tertiary/aromatic N) is 2. The molecule has 0 aromatic heterocycles. The molecule has 1 fully saturated rings. The van der Waals surface area contributed by atoms with Crippen LogP contribution in [0.15, 0.2) is 42.5 Å². The second-order valence-electron chi connectivity index (χ2n) is 6.77. The highest BCUT2D eigenvalue weighted by Gasteiger charge is 2.20. The second-order valence-corrected chi connectivity index (χ2v) is 6.77. The quantitative estimate of drug-likeness (QED) is 0.419. The Morgan fingerprint density at radius 2 is 1.83 bits per heavy atom. The molecule has 1 saturated heterocycles. The monoisotopic (exact) mass is 398 g/mol. The van der Waals surface area contributed by atoms with Crippen LogP contribution in [0.3, 0.4) is 0 Å². The van der Waals surface area contributed by atoms with E-state index in [4.69, 9.17) is 4.74 Å². The van der Waals surface area contributed by atoms with E-state index in [1.807, 2.05) is 4.90 Å². The summed E-state index contributed by atoms with van der Waals surface area (Å²) < 4.78 is 10.2. The van der Waals surface area contributed by atoms with Gasteiger partial charge in [-0.15, -0.1) is 0 Å². The minimum Gasteiger partial charge on any atom is -0.482 e. The maximum absolute atomic E-state index is 12.7. The zero-order valence-corrected chi connectivity index (χ0v) is 16.1. The van der Waals surface area contributed by atoms with Crippen LogP contribution in [0.4, 0.5) is 5.69 Å². The van der Waals surface area contributed by atoms with Crippen molar-refractivity contribution < 1.29 is 24.0 Å². The molecule has 1 amide bonds. The van der Waals surface area contributed by atoms with Gasteiger partial charge in [-0.05, 0) is 49.1 Å². The Balaban J connectivity index is 1.73. The lowest BCUT2D eigenvalue weighted by Crippen LogP contribution is -2.35. The standard InChI is InChI=1S/C21H22N2O6/c1-28-21(25)17-8-9-19(18(13-17)23(26)27)29-14-15-6-5-7-16(12-15)20(24)22-10-3-2-4-11-22/h5-9,12-13H,2-4,10-11,14H2,1H3. The smallest absolute Gasteiger partial charge is 0.338 e. The van der Waals surface area contributed by atoms with Crippen molar-refractivity contribution in [1.82, 2.24) is 4.90 Å². The van der Waals surface area contributed by atoms with E-state index in [-0.39, 0.29) is 29.5 Å². The van der Waals surface area contributed by atoms with Crippen LogP contribution >= 0.6 is 0 Å². The summed E-state index contributed by atoms with van der Waals surface area (Å²) in [5.41, 5.74) is 1.04. The third kappa shape index (κ3) is 4.90. The van der Waals surface area contributed by atoms with E-state index in [0.717, 1.165) is 44.0 Å². The van der Waals surface area contributed by atoms with Crippen molar-refractivity contribution in [2.75, 3.05) is 20.2 Å². The van der Waals surface area contributed by atoms with Gasteiger partial charge in [-0.3, -0.25) is 14.9 Å². The number of likely N-dealkylation sites (tertiary alicyclic amines) is 1. The van der Waals surface area contributed by atoms with Gasteiger partial charge in [0, 0.05) is 24.7 Å². The van der Waals surface area contributed by atoms with Crippen molar-refractivity contribution in [3.05, 3.63) is 69.3 Å². The van der Waals surface area contributed by atoms with Gasteiger partial charge in [0.25, 0.3) is 5.91 Å². The molecule has 8 heteroatoms. The molecule has 0 N–H and O–H groups in total. The molecule has 3 rings (SSSR count). The summed E-state index contributed by atoms with van der Waals surface area (Å²) in [4.78, 5) is 36.8.